The van der Waals surface area contributed by atoms with Crippen LogP contribution in [0, 0.1) is 5.92 Å². The monoisotopic (exact) mass is 254 g/mol. The van der Waals surface area contributed by atoms with Crippen molar-refractivity contribution in [1.29, 1.82) is 0 Å². The third kappa shape index (κ3) is 3.00. The van der Waals surface area contributed by atoms with Gasteiger partial charge >= 0.3 is 0 Å². The number of rotatable bonds is 5. The van der Waals surface area contributed by atoms with Crippen LogP contribution in [-0.4, -0.2) is 29.6 Å². The molecule has 1 saturated carbocycles. The van der Waals surface area contributed by atoms with Crippen LogP contribution in [0.4, 0.5) is 11.8 Å². The SMILES string of the molecule is CNc1ncc(Cl)c(N(CC(C)C)C2CC2)n1. The van der Waals surface area contributed by atoms with Crippen LogP contribution in [0.15, 0.2) is 6.20 Å². The van der Waals surface area contributed by atoms with E-state index in [1.165, 1.54) is 12.8 Å². The molecule has 1 fully saturated rings. The normalized spacial score (nSPS) is 15.1. The summed E-state index contributed by atoms with van der Waals surface area (Å²) in [7, 11) is 1.82. The highest BCUT2D eigenvalue weighted by Gasteiger charge is 2.31. The van der Waals surface area contributed by atoms with Crippen LogP contribution in [0.1, 0.15) is 26.7 Å². The highest BCUT2D eigenvalue weighted by atomic mass is 35.5. The molecular formula is C12H19ClN4. The largest absolute Gasteiger partial charge is 0.357 e. The lowest BCUT2D eigenvalue weighted by molar-refractivity contribution is 0.602. The maximum atomic E-state index is 6.21. The van der Waals surface area contributed by atoms with E-state index in [9.17, 15) is 0 Å². The van der Waals surface area contributed by atoms with E-state index in [-0.39, 0.29) is 0 Å². The van der Waals surface area contributed by atoms with Crippen molar-refractivity contribution in [1.82, 2.24) is 9.97 Å². The summed E-state index contributed by atoms with van der Waals surface area (Å²) in [6, 6.07) is 0.606. The predicted molar refractivity (Wildman–Crippen MR) is 71.8 cm³/mol. The summed E-state index contributed by atoms with van der Waals surface area (Å²) < 4.78 is 0. The Morgan fingerprint density at radius 1 is 1.53 bits per heavy atom. The maximum absolute atomic E-state index is 6.21. The van der Waals surface area contributed by atoms with Crippen LogP contribution in [0.2, 0.25) is 5.02 Å². The van der Waals surface area contributed by atoms with Gasteiger partial charge in [-0.15, -0.1) is 0 Å². The molecule has 5 heteroatoms. The summed E-state index contributed by atoms with van der Waals surface area (Å²) in [6.07, 6.45) is 4.15. The summed E-state index contributed by atoms with van der Waals surface area (Å²) in [4.78, 5) is 10.9. The van der Waals surface area contributed by atoms with Crippen molar-refractivity contribution in [2.75, 3.05) is 23.8 Å². The fourth-order valence-corrected chi connectivity index (χ4v) is 2.07. The first kappa shape index (κ1) is 12.4. The van der Waals surface area contributed by atoms with E-state index < -0.39 is 0 Å². The van der Waals surface area contributed by atoms with E-state index in [0.717, 1.165) is 12.4 Å². The number of hydrogen-bond acceptors (Lipinski definition) is 4. The molecule has 2 rings (SSSR count). The molecule has 0 aliphatic heterocycles. The van der Waals surface area contributed by atoms with Gasteiger partial charge in [0.2, 0.25) is 5.95 Å². The van der Waals surface area contributed by atoms with E-state index >= 15 is 0 Å². The Morgan fingerprint density at radius 3 is 2.76 bits per heavy atom. The molecule has 0 amide bonds. The van der Waals surface area contributed by atoms with Gasteiger partial charge < -0.3 is 10.2 Å². The number of aromatic nitrogens is 2. The number of anilines is 2. The van der Waals surface area contributed by atoms with E-state index in [4.69, 9.17) is 11.6 Å². The van der Waals surface area contributed by atoms with Gasteiger partial charge in [0.15, 0.2) is 5.82 Å². The lowest BCUT2D eigenvalue weighted by Crippen LogP contribution is -2.31. The molecule has 0 atom stereocenters. The molecule has 1 aromatic heterocycles. The van der Waals surface area contributed by atoms with Gasteiger partial charge in [-0.3, -0.25) is 0 Å². The van der Waals surface area contributed by atoms with E-state index in [2.05, 4.69) is 34.0 Å². The van der Waals surface area contributed by atoms with Gasteiger partial charge in [-0.05, 0) is 18.8 Å². The zero-order valence-electron chi connectivity index (χ0n) is 10.6. The minimum atomic E-state index is 0.597. The van der Waals surface area contributed by atoms with Crippen LogP contribution < -0.4 is 10.2 Å². The summed E-state index contributed by atoms with van der Waals surface area (Å²) >= 11 is 6.21. The van der Waals surface area contributed by atoms with Gasteiger partial charge in [-0.25, -0.2) is 4.98 Å². The standard InChI is InChI=1S/C12H19ClN4/c1-8(2)7-17(9-4-5-9)11-10(13)6-15-12(14-3)16-11/h6,8-9H,4-5,7H2,1-3H3,(H,14,15,16). The third-order valence-corrected chi connectivity index (χ3v) is 3.04. The molecule has 4 nitrogen and oxygen atoms in total. The summed E-state index contributed by atoms with van der Waals surface area (Å²) in [5.74, 6) is 2.08. The molecule has 1 heterocycles. The van der Waals surface area contributed by atoms with E-state index in [0.29, 0.717) is 22.9 Å². The molecule has 1 aliphatic carbocycles. The second-order valence-corrected chi connectivity index (χ2v) is 5.30. The van der Waals surface area contributed by atoms with Crippen molar-refractivity contribution >= 4 is 23.4 Å². The Bertz CT molecular complexity index is 390. The van der Waals surface area contributed by atoms with Crippen LogP contribution in [-0.2, 0) is 0 Å². The first-order chi connectivity index (χ1) is 8.11. The van der Waals surface area contributed by atoms with Crippen LogP contribution in [0.3, 0.4) is 0 Å². The quantitative estimate of drug-likeness (QED) is 0.877. The summed E-state index contributed by atoms with van der Waals surface area (Å²) in [6.45, 7) is 5.41. The molecular weight excluding hydrogens is 236 g/mol. The summed E-state index contributed by atoms with van der Waals surface area (Å²) in [5.41, 5.74) is 0. The minimum absolute atomic E-state index is 0.597. The zero-order valence-corrected chi connectivity index (χ0v) is 11.3. The molecule has 0 unspecified atom stereocenters. The molecule has 1 aromatic rings. The maximum Gasteiger partial charge on any atom is 0.224 e. The first-order valence-electron chi connectivity index (χ1n) is 6.08. The Kier molecular flexibility index (Phi) is 3.72. The van der Waals surface area contributed by atoms with Gasteiger partial charge in [0.05, 0.1) is 6.20 Å². The van der Waals surface area contributed by atoms with E-state index in [1.807, 2.05) is 7.05 Å². The molecule has 17 heavy (non-hydrogen) atoms. The topological polar surface area (TPSA) is 41.1 Å². The third-order valence-electron chi connectivity index (χ3n) is 2.77. The highest BCUT2D eigenvalue weighted by Crippen LogP contribution is 2.35. The average Bonchev–Trinajstić information content (AvgIpc) is 3.10. The number of hydrogen-bond donors (Lipinski definition) is 1. The predicted octanol–water partition coefficient (Wildman–Crippen LogP) is 2.80. The second kappa shape index (κ2) is 5.08. The van der Waals surface area contributed by atoms with E-state index in [1.54, 1.807) is 6.20 Å². The Labute approximate surface area is 107 Å². The van der Waals surface area contributed by atoms with Gasteiger partial charge in [-0.1, -0.05) is 25.4 Å². The van der Waals surface area contributed by atoms with Crippen LogP contribution >= 0.6 is 11.6 Å². The van der Waals surface area contributed by atoms with Crippen molar-refractivity contribution in [3.8, 4) is 0 Å². The fourth-order valence-electron chi connectivity index (χ4n) is 1.87. The fraction of sp³-hybridized carbons (Fsp3) is 0.667. The van der Waals surface area contributed by atoms with Crippen molar-refractivity contribution in [2.45, 2.75) is 32.7 Å². The first-order valence-corrected chi connectivity index (χ1v) is 6.46. The molecule has 94 valence electrons. The highest BCUT2D eigenvalue weighted by molar-refractivity contribution is 6.32. The Hall–Kier alpha value is -1.03. The van der Waals surface area contributed by atoms with Crippen LogP contribution in [0.5, 0.6) is 0 Å². The number of nitrogens with zero attached hydrogens (tertiary/aromatic N) is 3. The Balaban J connectivity index is 2.27. The molecule has 1 N–H and O–H groups in total. The molecule has 0 radical (unpaired) electrons. The van der Waals surface area contributed by atoms with Crippen molar-refractivity contribution in [3.63, 3.8) is 0 Å². The average molecular weight is 255 g/mol. The summed E-state index contributed by atoms with van der Waals surface area (Å²) in [5, 5.41) is 3.59. The number of nitrogens with one attached hydrogen (secondary N) is 1. The molecule has 0 spiro atoms. The smallest absolute Gasteiger partial charge is 0.224 e. The van der Waals surface area contributed by atoms with Gasteiger partial charge in [-0.2, -0.15) is 4.98 Å². The molecule has 0 saturated heterocycles. The number of halogens is 1. The Morgan fingerprint density at radius 2 is 2.24 bits per heavy atom. The van der Waals surface area contributed by atoms with Crippen molar-refractivity contribution in [3.05, 3.63) is 11.2 Å². The van der Waals surface area contributed by atoms with Gasteiger partial charge in [0.1, 0.15) is 5.02 Å². The molecule has 0 bridgehead atoms. The second-order valence-electron chi connectivity index (χ2n) is 4.89. The lowest BCUT2D eigenvalue weighted by atomic mass is 10.2. The van der Waals surface area contributed by atoms with Crippen molar-refractivity contribution in [2.24, 2.45) is 5.92 Å². The van der Waals surface area contributed by atoms with Crippen molar-refractivity contribution < 1.29 is 0 Å². The van der Waals surface area contributed by atoms with Gasteiger partial charge in [0, 0.05) is 19.6 Å². The molecule has 1 aliphatic rings. The van der Waals surface area contributed by atoms with Gasteiger partial charge in [0.25, 0.3) is 0 Å². The van der Waals surface area contributed by atoms with Crippen LogP contribution in [0.25, 0.3) is 0 Å². The zero-order chi connectivity index (χ0) is 12.4. The lowest BCUT2D eigenvalue weighted by Gasteiger charge is -2.26. The minimum Gasteiger partial charge on any atom is -0.357 e. The molecule has 0 aromatic carbocycles.